The second-order valence-electron chi connectivity index (χ2n) is 4.37. The standard InChI is InChI=1S/C13H19ClN2O3S/c1-5-16(6-2)13(17)11-9-10(7-8-12(11)14)15(3)20(4,18)19/h7-9H,5-6H2,1-4H3. The molecule has 5 nitrogen and oxygen atoms in total. The average molecular weight is 319 g/mol. The maximum atomic E-state index is 12.3. The fourth-order valence-corrected chi connectivity index (χ4v) is 2.44. The smallest absolute Gasteiger partial charge is 0.255 e. The minimum absolute atomic E-state index is 0.205. The lowest BCUT2D eigenvalue weighted by Crippen LogP contribution is -2.31. The second kappa shape index (κ2) is 6.45. The molecule has 112 valence electrons. The van der Waals surface area contributed by atoms with Crippen LogP contribution in [0.25, 0.3) is 0 Å². The maximum Gasteiger partial charge on any atom is 0.255 e. The van der Waals surface area contributed by atoms with Crippen molar-refractivity contribution < 1.29 is 13.2 Å². The van der Waals surface area contributed by atoms with Gasteiger partial charge in [-0.3, -0.25) is 9.10 Å². The van der Waals surface area contributed by atoms with Crippen LogP contribution >= 0.6 is 11.6 Å². The van der Waals surface area contributed by atoms with Crippen molar-refractivity contribution in [2.45, 2.75) is 13.8 Å². The highest BCUT2D eigenvalue weighted by Crippen LogP contribution is 2.25. The number of carbonyl (C=O) groups is 1. The van der Waals surface area contributed by atoms with E-state index in [0.29, 0.717) is 29.4 Å². The Labute approximate surface area is 125 Å². The molecule has 1 rings (SSSR count). The van der Waals surface area contributed by atoms with Gasteiger partial charge in [-0.1, -0.05) is 11.6 Å². The van der Waals surface area contributed by atoms with E-state index in [1.165, 1.54) is 19.2 Å². The molecule has 1 amide bonds. The van der Waals surface area contributed by atoms with Crippen molar-refractivity contribution in [3.63, 3.8) is 0 Å². The van der Waals surface area contributed by atoms with E-state index in [-0.39, 0.29) is 5.91 Å². The second-order valence-corrected chi connectivity index (χ2v) is 6.79. The van der Waals surface area contributed by atoms with Crippen LogP contribution in [-0.2, 0) is 10.0 Å². The molecular weight excluding hydrogens is 300 g/mol. The molecule has 0 aromatic heterocycles. The van der Waals surface area contributed by atoms with Gasteiger partial charge in [0.05, 0.1) is 22.5 Å². The number of hydrogen-bond acceptors (Lipinski definition) is 3. The van der Waals surface area contributed by atoms with Crippen LogP contribution in [0, 0.1) is 0 Å². The van der Waals surface area contributed by atoms with Crippen LogP contribution in [0.3, 0.4) is 0 Å². The van der Waals surface area contributed by atoms with E-state index in [0.717, 1.165) is 10.6 Å². The molecule has 0 bridgehead atoms. The summed E-state index contributed by atoms with van der Waals surface area (Å²) in [5.74, 6) is -0.205. The fraction of sp³-hybridized carbons (Fsp3) is 0.462. The normalized spacial score (nSPS) is 11.2. The molecule has 0 fully saturated rings. The predicted octanol–water partition coefficient (Wildman–Crippen LogP) is 2.22. The minimum atomic E-state index is -3.38. The molecule has 1 aromatic rings. The van der Waals surface area contributed by atoms with Crippen LogP contribution in [0.1, 0.15) is 24.2 Å². The molecule has 0 radical (unpaired) electrons. The van der Waals surface area contributed by atoms with Gasteiger partial charge < -0.3 is 4.90 Å². The first kappa shape index (κ1) is 16.8. The number of halogens is 1. The van der Waals surface area contributed by atoms with Crippen molar-refractivity contribution in [3.8, 4) is 0 Å². The SMILES string of the molecule is CCN(CC)C(=O)c1cc(N(C)S(C)(=O)=O)ccc1Cl. The summed E-state index contributed by atoms with van der Waals surface area (Å²) >= 11 is 6.05. The van der Waals surface area contributed by atoms with E-state index < -0.39 is 10.0 Å². The van der Waals surface area contributed by atoms with Gasteiger partial charge in [0.2, 0.25) is 10.0 Å². The molecular formula is C13H19ClN2O3S. The van der Waals surface area contributed by atoms with Crippen molar-refractivity contribution in [1.29, 1.82) is 0 Å². The van der Waals surface area contributed by atoms with Gasteiger partial charge in [0.15, 0.2) is 0 Å². The number of hydrogen-bond donors (Lipinski definition) is 0. The summed E-state index contributed by atoms with van der Waals surface area (Å²) in [7, 11) is -1.94. The molecule has 0 aliphatic heterocycles. The third-order valence-electron chi connectivity index (χ3n) is 3.09. The Hall–Kier alpha value is -1.27. The van der Waals surface area contributed by atoms with E-state index in [9.17, 15) is 13.2 Å². The summed E-state index contributed by atoms with van der Waals surface area (Å²) in [6.07, 6.45) is 1.10. The number of carbonyl (C=O) groups excluding carboxylic acids is 1. The van der Waals surface area contributed by atoms with Crippen LogP contribution in [-0.4, -0.2) is 45.6 Å². The van der Waals surface area contributed by atoms with E-state index in [1.807, 2.05) is 13.8 Å². The highest BCUT2D eigenvalue weighted by Gasteiger charge is 2.19. The van der Waals surface area contributed by atoms with Crippen LogP contribution in [0.15, 0.2) is 18.2 Å². The molecule has 0 saturated heterocycles. The number of sulfonamides is 1. The molecule has 0 unspecified atom stereocenters. The number of rotatable bonds is 5. The lowest BCUT2D eigenvalue weighted by atomic mass is 10.1. The molecule has 20 heavy (non-hydrogen) atoms. The van der Waals surface area contributed by atoms with Gasteiger partial charge in [0, 0.05) is 20.1 Å². The Bertz CT molecular complexity index is 598. The molecule has 0 N–H and O–H groups in total. The van der Waals surface area contributed by atoms with Gasteiger partial charge in [-0.15, -0.1) is 0 Å². The van der Waals surface area contributed by atoms with E-state index >= 15 is 0 Å². The van der Waals surface area contributed by atoms with Crippen LogP contribution < -0.4 is 4.31 Å². The topological polar surface area (TPSA) is 57.7 Å². The van der Waals surface area contributed by atoms with Crippen LogP contribution in [0.5, 0.6) is 0 Å². The van der Waals surface area contributed by atoms with E-state index in [2.05, 4.69) is 0 Å². The van der Waals surface area contributed by atoms with E-state index in [1.54, 1.807) is 11.0 Å². The van der Waals surface area contributed by atoms with Crippen molar-refractivity contribution in [3.05, 3.63) is 28.8 Å². The quantitative estimate of drug-likeness (QED) is 0.836. The minimum Gasteiger partial charge on any atom is -0.339 e. The highest BCUT2D eigenvalue weighted by atomic mass is 35.5. The first-order valence-corrected chi connectivity index (χ1v) is 8.47. The summed E-state index contributed by atoms with van der Waals surface area (Å²) < 4.78 is 24.2. The van der Waals surface area contributed by atoms with Gasteiger partial charge in [0.25, 0.3) is 5.91 Å². The molecule has 1 aromatic carbocycles. The number of benzene rings is 1. The van der Waals surface area contributed by atoms with Gasteiger partial charge >= 0.3 is 0 Å². The van der Waals surface area contributed by atoms with Gasteiger partial charge in [0.1, 0.15) is 0 Å². The number of amides is 1. The van der Waals surface area contributed by atoms with E-state index in [4.69, 9.17) is 11.6 Å². The predicted molar refractivity (Wildman–Crippen MR) is 82.0 cm³/mol. The average Bonchev–Trinajstić information content (AvgIpc) is 2.38. The molecule has 0 aliphatic rings. The fourth-order valence-electron chi connectivity index (χ4n) is 1.75. The van der Waals surface area contributed by atoms with Crippen LogP contribution in [0.2, 0.25) is 5.02 Å². The molecule has 7 heteroatoms. The number of nitrogens with zero attached hydrogens (tertiary/aromatic N) is 2. The first-order valence-electron chi connectivity index (χ1n) is 6.25. The highest BCUT2D eigenvalue weighted by molar-refractivity contribution is 7.92. The van der Waals surface area contributed by atoms with Crippen LogP contribution in [0.4, 0.5) is 5.69 Å². The Morgan fingerprint density at radius 1 is 1.25 bits per heavy atom. The molecule has 0 saturated carbocycles. The third kappa shape index (κ3) is 3.64. The Balaban J connectivity index is 3.26. The van der Waals surface area contributed by atoms with Crippen molar-refractivity contribution in [2.75, 3.05) is 30.7 Å². The van der Waals surface area contributed by atoms with Crippen molar-refractivity contribution in [2.24, 2.45) is 0 Å². The summed E-state index contributed by atoms with van der Waals surface area (Å²) in [5, 5.41) is 0.313. The van der Waals surface area contributed by atoms with Crippen molar-refractivity contribution >= 4 is 33.2 Å². The summed E-state index contributed by atoms with van der Waals surface area (Å²) in [5.41, 5.74) is 0.718. The monoisotopic (exact) mass is 318 g/mol. The Morgan fingerprint density at radius 2 is 1.80 bits per heavy atom. The summed E-state index contributed by atoms with van der Waals surface area (Å²) in [4.78, 5) is 14.0. The molecule has 0 atom stereocenters. The van der Waals surface area contributed by atoms with Gasteiger partial charge in [-0.2, -0.15) is 0 Å². The zero-order valence-electron chi connectivity index (χ0n) is 12.1. The van der Waals surface area contributed by atoms with Gasteiger partial charge in [-0.05, 0) is 32.0 Å². The zero-order chi connectivity index (χ0) is 15.5. The van der Waals surface area contributed by atoms with Gasteiger partial charge in [-0.25, -0.2) is 8.42 Å². The maximum absolute atomic E-state index is 12.3. The summed E-state index contributed by atoms with van der Waals surface area (Å²) in [6.45, 7) is 4.89. The Morgan fingerprint density at radius 3 is 2.25 bits per heavy atom. The molecule has 0 spiro atoms. The largest absolute Gasteiger partial charge is 0.339 e. The number of anilines is 1. The summed E-state index contributed by atoms with van der Waals surface area (Å²) in [6, 6.07) is 4.61. The molecule has 0 aliphatic carbocycles. The molecule has 0 heterocycles. The first-order chi connectivity index (χ1) is 9.22. The third-order valence-corrected chi connectivity index (χ3v) is 4.63. The lowest BCUT2D eigenvalue weighted by Gasteiger charge is -2.21. The zero-order valence-corrected chi connectivity index (χ0v) is 13.6. The lowest BCUT2D eigenvalue weighted by molar-refractivity contribution is 0.0773. The Kier molecular flexibility index (Phi) is 5.42. The van der Waals surface area contributed by atoms with Crippen molar-refractivity contribution in [1.82, 2.24) is 4.90 Å².